The molecule has 0 N–H and O–H groups in total. The molecule has 0 saturated carbocycles. The monoisotopic (exact) mass is 158 g/mol. The van der Waals surface area contributed by atoms with Crippen LogP contribution in [0.5, 0.6) is 5.75 Å². The summed E-state index contributed by atoms with van der Waals surface area (Å²) in [6, 6.07) is 7.58. The maximum atomic E-state index is 8.63. The normalized spacial score (nSPS) is 14.2. The van der Waals surface area contributed by atoms with Gasteiger partial charge in [0.15, 0.2) is 0 Å². The van der Waals surface area contributed by atoms with Gasteiger partial charge in [-0.15, -0.1) is 0 Å². The second kappa shape index (κ2) is 2.86. The Morgan fingerprint density at radius 1 is 1.42 bits per heavy atom. The van der Waals surface area contributed by atoms with E-state index in [4.69, 9.17) is 10.00 Å². The fourth-order valence-electron chi connectivity index (χ4n) is 1.29. The smallest absolute Gasteiger partial charge is 0.122 e. The van der Waals surface area contributed by atoms with Crippen LogP contribution in [0.4, 0.5) is 0 Å². The highest BCUT2D eigenvalue weighted by molar-refractivity contribution is 5.46. The number of hydrogen-bond acceptors (Lipinski definition) is 2. The molecule has 1 aliphatic heterocycles. The number of hydrogen-bond donors (Lipinski definition) is 0. The molecular formula is C10H8NO. The Morgan fingerprint density at radius 2 is 2.33 bits per heavy atom. The van der Waals surface area contributed by atoms with Gasteiger partial charge in [0.1, 0.15) is 5.75 Å². The van der Waals surface area contributed by atoms with Gasteiger partial charge in [-0.3, -0.25) is 0 Å². The van der Waals surface area contributed by atoms with Gasteiger partial charge in [-0.25, -0.2) is 0 Å². The first-order valence-corrected chi connectivity index (χ1v) is 3.90. The molecule has 1 aromatic carbocycles. The molecule has 0 saturated heterocycles. The van der Waals surface area contributed by atoms with Crippen molar-refractivity contribution in [1.82, 2.24) is 0 Å². The fourth-order valence-corrected chi connectivity index (χ4v) is 1.29. The zero-order valence-electron chi connectivity index (χ0n) is 6.58. The van der Waals surface area contributed by atoms with Crippen molar-refractivity contribution in [2.45, 2.75) is 6.42 Å². The highest BCUT2D eigenvalue weighted by Gasteiger charge is 2.09. The Morgan fingerprint density at radius 3 is 3.17 bits per heavy atom. The first-order valence-electron chi connectivity index (χ1n) is 3.90. The maximum absolute atomic E-state index is 8.63. The largest absolute Gasteiger partial charge is 0.493 e. The second-order valence-corrected chi connectivity index (χ2v) is 2.71. The van der Waals surface area contributed by atoms with Crippen molar-refractivity contribution in [1.29, 1.82) is 5.26 Å². The van der Waals surface area contributed by atoms with E-state index in [0.29, 0.717) is 5.56 Å². The molecule has 1 aromatic rings. The first kappa shape index (κ1) is 7.17. The Hall–Kier alpha value is -1.49. The molecule has 0 amide bonds. The van der Waals surface area contributed by atoms with Gasteiger partial charge in [0.05, 0.1) is 18.2 Å². The van der Waals surface area contributed by atoms with E-state index in [1.54, 1.807) is 6.07 Å². The molecule has 1 aliphatic rings. The Labute approximate surface area is 71.4 Å². The zero-order chi connectivity index (χ0) is 8.39. The van der Waals surface area contributed by atoms with Gasteiger partial charge in [-0.05, 0) is 36.6 Å². The van der Waals surface area contributed by atoms with Crippen LogP contribution in [0.25, 0.3) is 0 Å². The van der Waals surface area contributed by atoms with E-state index < -0.39 is 0 Å². The van der Waals surface area contributed by atoms with Crippen molar-refractivity contribution in [2.24, 2.45) is 0 Å². The van der Waals surface area contributed by atoms with E-state index in [9.17, 15) is 0 Å². The van der Waals surface area contributed by atoms with Crippen molar-refractivity contribution in [3.05, 3.63) is 35.7 Å². The van der Waals surface area contributed by atoms with Crippen LogP contribution in [-0.2, 0) is 0 Å². The Kier molecular flexibility index (Phi) is 1.71. The summed E-state index contributed by atoms with van der Waals surface area (Å²) in [6.45, 7) is 0.749. The van der Waals surface area contributed by atoms with Gasteiger partial charge >= 0.3 is 0 Å². The summed E-state index contributed by atoms with van der Waals surface area (Å²) in [5.74, 6) is 0.889. The number of fused-ring (bicyclic) bond motifs is 1. The molecule has 0 aromatic heterocycles. The molecule has 1 radical (unpaired) electrons. The second-order valence-electron chi connectivity index (χ2n) is 2.71. The quantitative estimate of drug-likeness (QED) is 0.577. The molecule has 0 bridgehead atoms. The summed E-state index contributed by atoms with van der Waals surface area (Å²) in [6.07, 6.45) is 3.03. The predicted octanol–water partition coefficient (Wildman–Crippen LogP) is 1.89. The summed E-state index contributed by atoms with van der Waals surface area (Å²) in [4.78, 5) is 0. The van der Waals surface area contributed by atoms with E-state index in [1.807, 2.05) is 12.1 Å². The molecule has 0 unspecified atom stereocenters. The van der Waals surface area contributed by atoms with Crippen LogP contribution < -0.4 is 4.74 Å². The lowest BCUT2D eigenvalue weighted by Gasteiger charge is -2.16. The SMILES string of the molecule is N#Cc1ccc2c(c1)[CH]CCO2. The molecule has 2 nitrogen and oxygen atoms in total. The molecule has 2 rings (SSSR count). The number of nitrogens with zero attached hydrogens (tertiary/aromatic N) is 1. The van der Waals surface area contributed by atoms with E-state index in [-0.39, 0.29) is 0 Å². The number of ether oxygens (including phenoxy) is 1. The van der Waals surface area contributed by atoms with Gasteiger partial charge in [0, 0.05) is 0 Å². The van der Waals surface area contributed by atoms with Crippen LogP contribution in [0.2, 0.25) is 0 Å². The van der Waals surface area contributed by atoms with Crippen molar-refractivity contribution in [3.63, 3.8) is 0 Å². The van der Waals surface area contributed by atoms with Crippen LogP contribution in [0.1, 0.15) is 17.5 Å². The molecule has 12 heavy (non-hydrogen) atoms. The van der Waals surface area contributed by atoms with Gasteiger partial charge in [-0.2, -0.15) is 5.26 Å². The maximum Gasteiger partial charge on any atom is 0.122 e. The Bertz CT molecular complexity index is 338. The van der Waals surface area contributed by atoms with Crippen molar-refractivity contribution in [3.8, 4) is 11.8 Å². The summed E-state index contributed by atoms with van der Waals surface area (Å²) < 4.78 is 5.38. The third-order valence-corrected chi connectivity index (χ3v) is 1.88. The van der Waals surface area contributed by atoms with Gasteiger partial charge < -0.3 is 4.74 Å². The number of benzene rings is 1. The zero-order valence-corrected chi connectivity index (χ0v) is 6.58. The minimum absolute atomic E-state index is 0.690. The van der Waals surface area contributed by atoms with Crippen LogP contribution in [0.3, 0.4) is 0 Å². The lowest BCUT2D eigenvalue weighted by atomic mass is 10.0. The third-order valence-electron chi connectivity index (χ3n) is 1.88. The average molecular weight is 158 g/mol. The lowest BCUT2D eigenvalue weighted by molar-refractivity contribution is 0.306. The summed E-state index contributed by atoms with van der Waals surface area (Å²) in [5.41, 5.74) is 1.73. The van der Waals surface area contributed by atoms with Crippen molar-refractivity contribution in [2.75, 3.05) is 6.61 Å². The van der Waals surface area contributed by atoms with Crippen molar-refractivity contribution < 1.29 is 4.74 Å². The van der Waals surface area contributed by atoms with Crippen molar-refractivity contribution >= 4 is 0 Å². The summed E-state index contributed by atoms with van der Waals surface area (Å²) in [7, 11) is 0. The summed E-state index contributed by atoms with van der Waals surface area (Å²) in [5, 5.41) is 8.63. The standard InChI is InChI=1S/C10H8NO/c11-7-8-3-4-10-9(6-8)2-1-5-12-10/h2-4,6H,1,5H2. The Balaban J connectivity index is 2.44. The number of rotatable bonds is 0. The van der Waals surface area contributed by atoms with Gasteiger partial charge in [0.2, 0.25) is 0 Å². The molecular weight excluding hydrogens is 150 g/mol. The summed E-state index contributed by atoms with van der Waals surface area (Å²) >= 11 is 0. The fraction of sp³-hybridized carbons (Fsp3) is 0.200. The van der Waals surface area contributed by atoms with E-state index >= 15 is 0 Å². The minimum Gasteiger partial charge on any atom is -0.493 e. The van der Waals surface area contributed by atoms with Crippen LogP contribution in [0, 0.1) is 17.8 Å². The lowest BCUT2D eigenvalue weighted by Crippen LogP contribution is -2.06. The first-order chi connectivity index (χ1) is 5.90. The molecule has 2 heteroatoms. The average Bonchev–Trinajstić information content (AvgIpc) is 2.17. The molecule has 0 fully saturated rings. The highest BCUT2D eigenvalue weighted by Crippen LogP contribution is 2.26. The van der Waals surface area contributed by atoms with Crippen LogP contribution >= 0.6 is 0 Å². The highest BCUT2D eigenvalue weighted by atomic mass is 16.5. The molecule has 59 valence electrons. The van der Waals surface area contributed by atoms with Gasteiger partial charge in [-0.1, -0.05) is 0 Å². The van der Waals surface area contributed by atoms with E-state index in [0.717, 1.165) is 24.3 Å². The van der Waals surface area contributed by atoms with Crippen LogP contribution in [-0.4, -0.2) is 6.61 Å². The molecule has 1 heterocycles. The third kappa shape index (κ3) is 1.14. The number of nitriles is 1. The molecule has 0 spiro atoms. The molecule has 0 aliphatic carbocycles. The minimum atomic E-state index is 0.690. The predicted molar refractivity (Wildman–Crippen MR) is 44.7 cm³/mol. The van der Waals surface area contributed by atoms with Crippen LogP contribution in [0.15, 0.2) is 18.2 Å². The molecule has 0 atom stereocenters. The van der Waals surface area contributed by atoms with Gasteiger partial charge in [0.25, 0.3) is 0 Å². The topological polar surface area (TPSA) is 33.0 Å². The van der Waals surface area contributed by atoms with E-state index in [2.05, 4.69) is 12.5 Å². The van der Waals surface area contributed by atoms with E-state index in [1.165, 1.54) is 0 Å².